The highest BCUT2D eigenvalue weighted by Crippen LogP contribution is 2.27. The first-order chi connectivity index (χ1) is 22.0. The Morgan fingerprint density at radius 1 is 0.870 bits per heavy atom. The molecule has 0 bridgehead atoms. The van der Waals surface area contributed by atoms with Crippen molar-refractivity contribution in [2.45, 2.75) is 57.1 Å². The number of ether oxygens (including phenoxy) is 1. The number of nitrogens with one attached hydrogen (secondary N) is 1. The Kier molecular flexibility index (Phi) is 11.5. The van der Waals surface area contributed by atoms with Gasteiger partial charge in [-0.1, -0.05) is 67.1 Å². The largest absolute Gasteiger partial charge is 0.497 e. The maximum atomic E-state index is 14.5. The lowest BCUT2D eigenvalue weighted by molar-refractivity contribution is -0.140. The van der Waals surface area contributed by atoms with E-state index in [4.69, 9.17) is 4.74 Å². The van der Waals surface area contributed by atoms with E-state index in [1.807, 2.05) is 75.4 Å². The number of halogens is 1. The number of anilines is 1. The highest BCUT2D eigenvalue weighted by atomic mass is 32.2. The van der Waals surface area contributed by atoms with Crippen molar-refractivity contribution in [2.75, 3.05) is 18.0 Å². The van der Waals surface area contributed by atoms with Crippen molar-refractivity contribution >= 4 is 27.5 Å². The number of methoxy groups -OCH3 is 1. The summed E-state index contributed by atoms with van der Waals surface area (Å²) in [7, 11) is -2.85. The normalized spacial score (nSPS) is 12.5. The molecule has 10 heteroatoms. The zero-order chi connectivity index (χ0) is 33.3. The summed E-state index contributed by atoms with van der Waals surface area (Å²) in [6.45, 7) is 5.23. The predicted molar refractivity (Wildman–Crippen MR) is 177 cm³/mol. The first-order valence-electron chi connectivity index (χ1n) is 15.1. The standard InChI is InChI=1S/C36H40FN3O5S/c1-5-27(3)38-36(42)34(23-28-9-7-6-8-10-28)39(24-29-13-11-26(2)12-14-29)35(41)25-40(31-17-15-30(37)16-18-31)46(43,44)33-21-19-32(45-4)20-22-33/h6-22,27,34H,5,23-25H2,1-4H3,(H,38,42)/t27-,34-/m0/s1. The van der Waals surface area contributed by atoms with Crippen molar-refractivity contribution in [2.24, 2.45) is 0 Å². The van der Waals surface area contributed by atoms with Crippen LogP contribution < -0.4 is 14.4 Å². The van der Waals surface area contributed by atoms with Gasteiger partial charge in [-0.05, 0) is 79.9 Å². The summed E-state index contributed by atoms with van der Waals surface area (Å²) in [5.74, 6) is -1.03. The molecule has 0 saturated carbocycles. The summed E-state index contributed by atoms with van der Waals surface area (Å²) in [4.78, 5) is 29.7. The van der Waals surface area contributed by atoms with Gasteiger partial charge in [0.1, 0.15) is 24.2 Å². The molecule has 2 amide bonds. The summed E-state index contributed by atoms with van der Waals surface area (Å²) in [6.07, 6.45) is 0.899. The van der Waals surface area contributed by atoms with Gasteiger partial charge in [0.15, 0.2) is 0 Å². The molecular weight excluding hydrogens is 605 g/mol. The molecule has 0 saturated heterocycles. The zero-order valence-electron chi connectivity index (χ0n) is 26.5. The van der Waals surface area contributed by atoms with Crippen LogP contribution in [0.1, 0.15) is 37.0 Å². The average molecular weight is 646 g/mol. The van der Waals surface area contributed by atoms with Gasteiger partial charge in [0.2, 0.25) is 11.8 Å². The van der Waals surface area contributed by atoms with E-state index in [0.717, 1.165) is 33.1 Å². The molecule has 0 spiro atoms. The molecule has 0 radical (unpaired) electrons. The molecule has 0 unspecified atom stereocenters. The van der Waals surface area contributed by atoms with Gasteiger partial charge in [0.25, 0.3) is 10.0 Å². The highest BCUT2D eigenvalue weighted by molar-refractivity contribution is 7.92. The molecule has 0 aliphatic carbocycles. The topological polar surface area (TPSA) is 96.0 Å². The fourth-order valence-electron chi connectivity index (χ4n) is 4.90. The molecule has 4 aromatic rings. The molecule has 1 N–H and O–H groups in total. The van der Waals surface area contributed by atoms with Gasteiger partial charge in [-0.3, -0.25) is 13.9 Å². The zero-order valence-corrected chi connectivity index (χ0v) is 27.3. The maximum Gasteiger partial charge on any atom is 0.264 e. The van der Waals surface area contributed by atoms with Crippen LogP contribution in [0.2, 0.25) is 0 Å². The fourth-order valence-corrected chi connectivity index (χ4v) is 6.31. The van der Waals surface area contributed by atoms with E-state index >= 15 is 0 Å². The third-order valence-corrected chi connectivity index (χ3v) is 9.57. The molecule has 0 fully saturated rings. The van der Waals surface area contributed by atoms with Crippen LogP contribution in [0.15, 0.2) is 108 Å². The molecule has 242 valence electrons. The first-order valence-corrected chi connectivity index (χ1v) is 16.6. The number of rotatable bonds is 14. The van der Waals surface area contributed by atoms with Crippen LogP contribution in [0.4, 0.5) is 10.1 Å². The minimum atomic E-state index is -4.32. The monoisotopic (exact) mass is 645 g/mol. The van der Waals surface area contributed by atoms with E-state index in [1.165, 1.54) is 48.4 Å². The molecule has 2 atom stereocenters. The Morgan fingerprint density at radius 2 is 1.50 bits per heavy atom. The lowest BCUT2D eigenvalue weighted by atomic mass is 10.0. The molecule has 0 aliphatic heterocycles. The summed E-state index contributed by atoms with van der Waals surface area (Å²) in [6, 6.07) is 26.6. The summed E-state index contributed by atoms with van der Waals surface area (Å²) >= 11 is 0. The van der Waals surface area contributed by atoms with Crippen LogP contribution in [0.3, 0.4) is 0 Å². The van der Waals surface area contributed by atoms with Gasteiger partial charge in [0.05, 0.1) is 17.7 Å². The van der Waals surface area contributed by atoms with Crippen LogP contribution >= 0.6 is 0 Å². The number of hydrogen-bond acceptors (Lipinski definition) is 5. The van der Waals surface area contributed by atoms with Crippen LogP contribution in [-0.4, -0.2) is 50.9 Å². The summed E-state index contributed by atoms with van der Waals surface area (Å²) < 4.78 is 48.3. The number of nitrogens with zero attached hydrogens (tertiary/aromatic N) is 2. The second kappa shape index (κ2) is 15.5. The summed E-state index contributed by atoms with van der Waals surface area (Å²) in [5.41, 5.74) is 2.75. The van der Waals surface area contributed by atoms with Crippen LogP contribution in [0, 0.1) is 12.7 Å². The second-order valence-electron chi connectivity index (χ2n) is 11.2. The maximum absolute atomic E-state index is 14.5. The molecular formula is C36H40FN3O5S. The predicted octanol–water partition coefficient (Wildman–Crippen LogP) is 5.89. The minimum absolute atomic E-state index is 0.0599. The van der Waals surface area contributed by atoms with Crippen molar-refractivity contribution in [3.05, 3.63) is 126 Å². The van der Waals surface area contributed by atoms with Crippen LogP contribution in [0.5, 0.6) is 5.75 Å². The fraction of sp³-hybridized carbons (Fsp3) is 0.278. The first kappa shape index (κ1) is 34.2. The Balaban J connectivity index is 1.80. The molecule has 4 rings (SSSR count). The van der Waals surface area contributed by atoms with Gasteiger partial charge in [-0.15, -0.1) is 0 Å². The number of aryl methyl sites for hydroxylation is 1. The Morgan fingerprint density at radius 3 is 2.09 bits per heavy atom. The van der Waals surface area contributed by atoms with E-state index in [-0.39, 0.29) is 35.5 Å². The van der Waals surface area contributed by atoms with E-state index < -0.39 is 34.3 Å². The van der Waals surface area contributed by atoms with E-state index in [1.54, 1.807) is 0 Å². The average Bonchev–Trinajstić information content (AvgIpc) is 3.06. The number of sulfonamides is 1. The third-order valence-electron chi connectivity index (χ3n) is 7.79. The van der Waals surface area contributed by atoms with Gasteiger partial charge in [-0.25, -0.2) is 12.8 Å². The Bertz CT molecular complexity index is 1700. The van der Waals surface area contributed by atoms with E-state index in [2.05, 4.69) is 5.32 Å². The quantitative estimate of drug-likeness (QED) is 0.185. The lowest BCUT2D eigenvalue weighted by Crippen LogP contribution is -2.54. The van der Waals surface area contributed by atoms with Crippen molar-refractivity contribution in [3.8, 4) is 5.75 Å². The third kappa shape index (κ3) is 8.72. The van der Waals surface area contributed by atoms with Crippen molar-refractivity contribution < 1.29 is 27.1 Å². The van der Waals surface area contributed by atoms with Gasteiger partial charge in [0, 0.05) is 19.0 Å². The Hall–Kier alpha value is -4.70. The van der Waals surface area contributed by atoms with Crippen molar-refractivity contribution in [1.29, 1.82) is 0 Å². The SMILES string of the molecule is CC[C@H](C)NC(=O)[C@H](Cc1ccccc1)N(Cc1ccc(C)cc1)C(=O)CN(c1ccc(F)cc1)S(=O)(=O)c1ccc(OC)cc1. The van der Waals surface area contributed by atoms with Crippen LogP contribution in [-0.2, 0) is 32.6 Å². The number of carbonyl (C=O) groups is 2. The number of benzene rings is 4. The van der Waals surface area contributed by atoms with E-state index in [0.29, 0.717) is 12.2 Å². The second-order valence-corrected chi connectivity index (χ2v) is 13.1. The molecule has 8 nitrogen and oxygen atoms in total. The molecule has 0 aliphatic rings. The van der Waals surface area contributed by atoms with Crippen molar-refractivity contribution in [3.63, 3.8) is 0 Å². The molecule has 46 heavy (non-hydrogen) atoms. The Labute approximate surface area is 270 Å². The molecule has 0 heterocycles. The number of carbonyl (C=O) groups excluding carboxylic acids is 2. The lowest BCUT2D eigenvalue weighted by Gasteiger charge is -2.34. The molecule has 0 aromatic heterocycles. The van der Waals surface area contributed by atoms with Gasteiger partial charge in [-0.2, -0.15) is 0 Å². The highest BCUT2D eigenvalue weighted by Gasteiger charge is 2.35. The molecule has 4 aromatic carbocycles. The van der Waals surface area contributed by atoms with Crippen molar-refractivity contribution in [1.82, 2.24) is 10.2 Å². The summed E-state index contributed by atoms with van der Waals surface area (Å²) in [5, 5.41) is 3.02. The van der Waals surface area contributed by atoms with Gasteiger partial charge < -0.3 is 15.0 Å². The number of hydrogen-bond donors (Lipinski definition) is 1. The smallest absolute Gasteiger partial charge is 0.264 e. The minimum Gasteiger partial charge on any atom is -0.497 e. The number of amides is 2. The van der Waals surface area contributed by atoms with Gasteiger partial charge >= 0.3 is 0 Å². The van der Waals surface area contributed by atoms with E-state index in [9.17, 15) is 22.4 Å². The van der Waals surface area contributed by atoms with Crippen LogP contribution in [0.25, 0.3) is 0 Å².